The molecule has 2 N–H and O–H groups in total. The summed E-state index contributed by atoms with van der Waals surface area (Å²) in [6.45, 7) is 2.87. The molecule has 0 saturated heterocycles. The van der Waals surface area contributed by atoms with Crippen molar-refractivity contribution in [1.29, 1.82) is 0 Å². The van der Waals surface area contributed by atoms with Crippen LogP contribution in [-0.4, -0.2) is 16.5 Å². The van der Waals surface area contributed by atoms with Gasteiger partial charge in [-0.3, -0.25) is 10.1 Å². The van der Waals surface area contributed by atoms with E-state index in [2.05, 4.69) is 15.6 Å². The van der Waals surface area contributed by atoms with Crippen LogP contribution in [-0.2, 0) is 6.54 Å². The number of anilines is 2. The fraction of sp³-hybridized carbons (Fsp3) is 0.214. The first-order chi connectivity index (χ1) is 10.5. The lowest BCUT2D eigenvalue weighted by atomic mass is 10.2. The molecule has 0 saturated carbocycles. The van der Waals surface area contributed by atoms with Gasteiger partial charge in [0.2, 0.25) is 5.82 Å². The topological polar surface area (TPSA) is 80.1 Å². The van der Waals surface area contributed by atoms with E-state index in [4.69, 9.17) is 23.2 Å². The maximum absolute atomic E-state index is 10.9. The zero-order valence-electron chi connectivity index (χ0n) is 11.8. The summed E-state index contributed by atoms with van der Waals surface area (Å²) < 4.78 is 0. The largest absolute Gasteiger partial charge is 0.366 e. The Morgan fingerprint density at radius 3 is 2.59 bits per heavy atom. The molecule has 1 heterocycles. The first-order valence-corrected chi connectivity index (χ1v) is 7.34. The van der Waals surface area contributed by atoms with Gasteiger partial charge in [0.15, 0.2) is 0 Å². The average molecular weight is 341 g/mol. The Morgan fingerprint density at radius 2 is 1.95 bits per heavy atom. The molecule has 22 heavy (non-hydrogen) atoms. The number of pyridine rings is 1. The van der Waals surface area contributed by atoms with E-state index < -0.39 is 4.92 Å². The lowest BCUT2D eigenvalue weighted by molar-refractivity contribution is -0.384. The van der Waals surface area contributed by atoms with Crippen LogP contribution in [0.25, 0.3) is 0 Å². The van der Waals surface area contributed by atoms with Crippen molar-refractivity contribution < 1.29 is 4.92 Å². The number of hydrogen-bond donors (Lipinski definition) is 2. The SMILES string of the molecule is CCNc1nc(NCc2ccc(Cl)c(Cl)c2)ccc1[N+](=O)[O-]. The summed E-state index contributed by atoms with van der Waals surface area (Å²) in [7, 11) is 0. The third-order valence-corrected chi connectivity index (χ3v) is 3.61. The molecule has 1 aromatic heterocycles. The molecular weight excluding hydrogens is 327 g/mol. The number of halogens is 2. The van der Waals surface area contributed by atoms with Gasteiger partial charge in [-0.05, 0) is 30.7 Å². The molecule has 0 aliphatic carbocycles. The molecule has 0 aliphatic rings. The molecular formula is C14H14Cl2N4O2. The first kappa shape index (κ1) is 16.3. The van der Waals surface area contributed by atoms with E-state index in [1.54, 1.807) is 18.2 Å². The number of nitrogens with one attached hydrogen (secondary N) is 2. The van der Waals surface area contributed by atoms with Gasteiger partial charge < -0.3 is 10.6 Å². The summed E-state index contributed by atoms with van der Waals surface area (Å²) in [5.74, 6) is 0.777. The standard InChI is InChI=1S/C14H14Cl2N4O2/c1-2-17-14-12(20(21)22)5-6-13(19-14)18-8-9-3-4-10(15)11(16)7-9/h3-7H,2,8H2,1H3,(H2,17,18,19). The molecule has 1 aromatic carbocycles. The Labute approximate surface area is 137 Å². The lowest BCUT2D eigenvalue weighted by Gasteiger charge is -2.09. The number of rotatable bonds is 6. The normalized spacial score (nSPS) is 10.3. The Kier molecular flexibility index (Phi) is 5.41. The van der Waals surface area contributed by atoms with Crippen molar-refractivity contribution in [2.45, 2.75) is 13.5 Å². The number of nitro groups is 1. The van der Waals surface area contributed by atoms with Crippen molar-refractivity contribution in [2.75, 3.05) is 17.2 Å². The summed E-state index contributed by atoms with van der Waals surface area (Å²) in [4.78, 5) is 14.7. The van der Waals surface area contributed by atoms with Crippen molar-refractivity contribution in [2.24, 2.45) is 0 Å². The molecule has 0 spiro atoms. The summed E-state index contributed by atoms with van der Waals surface area (Å²) in [5.41, 5.74) is 0.876. The second-order valence-electron chi connectivity index (χ2n) is 4.45. The van der Waals surface area contributed by atoms with Crippen LogP contribution in [0.2, 0.25) is 10.0 Å². The Bertz CT molecular complexity index is 695. The number of nitrogens with zero attached hydrogens (tertiary/aromatic N) is 2. The van der Waals surface area contributed by atoms with Crippen LogP contribution in [0.3, 0.4) is 0 Å². The smallest absolute Gasteiger partial charge is 0.311 e. The maximum atomic E-state index is 10.9. The van der Waals surface area contributed by atoms with Crippen LogP contribution in [0.4, 0.5) is 17.3 Å². The van der Waals surface area contributed by atoms with Crippen LogP contribution in [0, 0.1) is 10.1 Å². The van der Waals surface area contributed by atoms with Gasteiger partial charge in [0.05, 0.1) is 15.0 Å². The van der Waals surface area contributed by atoms with Crippen LogP contribution in [0.5, 0.6) is 0 Å². The Morgan fingerprint density at radius 1 is 1.18 bits per heavy atom. The van der Waals surface area contributed by atoms with E-state index in [1.165, 1.54) is 6.07 Å². The zero-order valence-corrected chi connectivity index (χ0v) is 13.3. The highest BCUT2D eigenvalue weighted by molar-refractivity contribution is 6.42. The molecule has 8 heteroatoms. The van der Waals surface area contributed by atoms with E-state index in [9.17, 15) is 10.1 Å². The van der Waals surface area contributed by atoms with Gasteiger partial charge in [0, 0.05) is 19.2 Å². The van der Waals surface area contributed by atoms with Crippen molar-refractivity contribution >= 4 is 40.5 Å². The monoisotopic (exact) mass is 340 g/mol. The van der Waals surface area contributed by atoms with Crippen molar-refractivity contribution in [3.8, 4) is 0 Å². The minimum Gasteiger partial charge on any atom is -0.366 e. The number of aromatic nitrogens is 1. The van der Waals surface area contributed by atoms with Crippen molar-refractivity contribution in [1.82, 2.24) is 4.98 Å². The molecule has 0 bridgehead atoms. The highest BCUT2D eigenvalue weighted by atomic mass is 35.5. The van der Waals surface area contributed by atoms with Crippen molar-refractivity contribution in [3.63, 3.8) is 0 Å². The van der Waals surface area contributed by atoms with Crippen LogP contribution < -0.4 is 10.6 Å². The molecule has 0 fully saturated rings. The molecule has 0 atom stereocenters. The molecule has 116 valence electrons. The summed E-state index contributed by atoms with van der Waals surface area (Å²) in [6.07, 6.45) is 0. The molecule has 2 rings (SSSR count). The summed E-state index contributed by atoms with van der Waals surface area (Å²) >= 11 is 11.8. The minimum absolute atomic E-state index is 0.0538. The third-order valence-electron chi connectivity index (χ3n) is 2.87. The first-order valence-electron chi connectivity index (χ1n) is 6.58. The second kappa shape index (κ2) is 7.29. The van der Waals surface area contributed by atoms with Gasteiger partial charge in [-0.2, -0.15) is 0 Å². The van der Waals surface area contributed by atoms with Gasteiger partial charge in [-0.15, -0.1) is 0 Å². The molecule has 6 nitrogen and oxygen atoms in total. The van der Waals surface area contributed by atoms with E-state index in [0.717, 1.165) is 5.56 Å². The highest BCUT2D eigenvalue weighted by Gasteiger charge is 2.15. The molecule has 0 amide bonds. The quantitative estimate of drug-likeness (QED) is 0.603. The Hall–Kier alpha value is -2.05. The lowest BCUT2D eigenvalue weighted by Crippen LogP contribution is -2.07. The van der Waals surface area contributed by atoms with Crippen LogP contribution >= 0.6 is 23.2 Å². The summed E-state index contributed by atoms with van der Waals surface area (Å²) in [5, 5.41) is 17.9. The summed E-state index contributed by atoms with van der Waals surface area (Å²) in [6, 6.07) is 8.30. The highest BCUT2D eigenvalue weighted by Crippen LogP contribution is 2.25. The predicted octanol–water partition coefficient (Wildman–Crippen LogP) is 4.34. The Balaban J connectivity index is 2.14. The third kappa shape index (κ3) is 3.99. The molecule has 0 radical (unpaired) electrons. The second-order valence-corrected chi connectivity index (χ2v) is 5.27. The predicted molar refractivity (Wildman–Crippen MR) is 88.8 cm³/mol. The fourth-order valence-corrected chi connectivity index (χ4v) is 2.16. The van der Waals surface area contributed by atoms with Crippen LogP contribution in [0.1, 0.15) is 12.5 Å². The van der Waals surface area contributed by atoms with Gasteiger partial charge in [-0.1, -0.05) is 29.3 Å². The van der Waals surface area contributed by atoms with Gasteiger partial charge >= 0.3 is 5.69 Å². The van der Waals surface area contributed by atoms with E-state index >= 15 is 0 Å². The van der Waals surface area contributed by atoms with E-state index in [0.29, 0.717) is 29.0 Å². The van der Waals surface area contributed by atoms with Gasteiger partial charge in [-0.25, -0.2) is 4.98 Å². The molecule has 0 aliphatic heterocycles. The van der Waals surface area contributed by atoms with Gasteiger partial charge in [0.25, 0.3) is 0 Å². The molecule has 0 unspecified atom stereocenters. The number of hydrogen-bond acceptors (Lipinski definition) is 5. The zero-order chi connectivity index (χ0) is 16.1. The van der Waals surface area contributed by atoms with E-state index in [-0.39, 0.29) is 11.5 Å². The van der Waals surface area contributed by atoms with E-state index in [1.807, 2.05) is 13.0 Å². The maximum Gasteiger partial charge on any atom is 0.311 e. The minimum atomic E-state index is -0.465. The van der Waals surface area contributed by atoms with Gasteiger partial charge in [0.1, 0.15) is 5.82 Å². The van der Waals surface area contributed by atoms with Crippen molar-refractivity contribution in [3.05, 3.63) is 56.1 Å². The van der Waals surface area contributed by atoms with Crippen LogP contribution in [0.15, 0.2) is 30.3 Å². The molecule has 2 aromatic rings. The fourth-order valence-electron chi connectivity index (χ4n) is 1.84. The number of benzene rings is 1. The average Bonchev–Trinajstić information content (AvgIpc) is 2.49.